The van der Waals surface area contributed by atoms with Gasteiger partial charge in [-0.3, -0.25) is 10.1 Å². The number of benzene rings is 1. The number of nitro groups is 1. The number of nitro benzene ring substituents is 1. The van der Waals surface area contributed by atoms with Crippen LogP contribution in [0.25, 0.3) is 0 Å². The molecule has 0 saturated carbocycles. The van der Waals surface area contributed by atoms with E-state index in [2.05, 4.69) is 5.32 Å². The highest BCUT2D eigenvalue weighted by atomic mass is 16.6. The Morgan fingerprint density at radius 2 is 2.24 bits per heavy atom. The maximum atomic E-state index is 10.6. The van der Waals surface area contributed by atoms with Gasteiger partial charge >= 0.3 is 0 Å². The molecule has 0 fully saturated rings. The first kappa shape index (κ1) is 13.2. The summed E-state index contributed by atoms with van der Waals surface area (Å²) in [7, 11) is 1.64. The molecule has 6 nitrogen and oxygen atoms in total. The molecule has 0 aliphatic heterocycles. The third-order valence-corrected chi connectivity index (χ3v) is 2.26. The molecular formula is C11H17N3O3. The molecule has 1 rings (SSSR count). The van der Waals surface area contributed by atoms with Crippen molar-refractivity contribution >= 4 is 17.1 Å². The van der Waals surface area contributed by atoms with E-state index < -0.39 is 4.92 Å². The fraction of sp³-hybridized carbons (Fsp3) is 0.455. The summed E-state index contributed by atoms with van der Waals surface area (Å²) in [4.78, 5) is 10.2. The highest BCUT2D eigenvalue weighted by Crippen LogP contribution is 2.22. The fourth-order valence-corrected chi connectivity index (χ4v) is 1.48. The van der Waals surface area contributed by atoms with Crippen molar-refractivity contribution in [2.45, 2.75) is 6.92 Å². The van der Waals surface area contributed by atoms with Crippen LogP contribution in [0.1, 0.15) is 6.92 Å². The molecule has 1 aromatic rings. The average molecular weight is 239 g/mol. The number of hydrogen-bond acceptors (Lipinski definition) is 5. The second kappa shape index (κ2) is 6.05. The number of nitrogens with zero attached hydrogens (tertiary/aromatic N) is 1. The van der Waals surface area contributed by atoms with Crippen LogP contribution in [0.2, 0.25) is 0 Å². The maximum absolute atomic E-state index is 10.6. The van der Waals surface area contributed by atoms with Crippen molar-refractivity contribution in [1.29, 1.82) is 0 Å². The van der Waals surface area contributed by atoms with Crippen LogP contribution in [0.15, 0.2) is 18.2 Å². The standard InChI is InChI=1S/C11H17N3O3/c1-8(7-17-2)6-13-10-3-9(12)4-11(5-10)14(15)16/h3-5,8,13H,6-7,12H2,1-2H3. The lowest BCUT2D eigenvalue weighted by molar-refractivity contribution is -0.384. The van der Waals surface area contributed by atoms with E-state index in [-0.39, 0.29) is 5.69 Å². The van der Waals surface area contributed by atoms with Gasteiger partial charge in [-0.1, -0.05) is 6.92 Å². The molecule has 0 spiro atoms. The van der Waals surface area contributed by atoms with Crippen molar-refractivity contribution in [1.82, 2.24) is 0 Å². The van der Waals surface area contributed by atoms with Gasteiger partial charge in [-0.2, -0.15) is 0 Å². The molecule has 6 heteroatoms. The lowest BCUT2D eigenvalue weighted by Crippen LogP contribution is -2.15. The third-order valence-electron chi connectivity index (χ3n) is 2.26. The first-order chi connectivity index (χ1) is 8.02. The number of nitrogens with two attached hydrogens (primary N) is 1. The number of nitrogens with one attached hydrogen (secondary N) is 1. The van der Waals surface area contributed by atoms with Crippen molar-refractivity contribution in [2.75, 3.05) is 31.3 Å². The van der Waals surface area contributed by atoms with Crippen LogP contribution < -0.4 is 11.1 Å². The Labute approximate surface area is 99.9 Å². The predicted molar refractivity (Wildman–Crippen MR) is 67.0 cm³/mol. The van der Waals surface area contributed by atoms with Gasteiger partial charge in [0.15, 0.2) is 0 Å². The number of hydrogen-bond donors (Lipinski definition) is 2. The molecule has 0 aliphatic carbocycles. The van der Waals surface area contributed by atoms with Gasteiger partial charge in [0, 0.05) is 37.2 Å². The van der Waals surface area contributed by atoms with Crippen LogP contribution in [0.5, 0.6) is 0 Å². The van der Waals surface area contributed by atoms with Gasteiger partial charge in [-0.15, -0.1) is 0 Å². The van der Waals surface area contributed by atoms with Gasteiger partial charge < -0.3 is 15.8 Å². The van der Waals surface area contributed by atoms with Crippen LogP contribution in [-0.2, 0) is 4.74 Å². The molecule has 1 unspecified atom stereocenters. The molecule has 1 atom stereocenters. The second-order valence-corrected chi connectivity index (χ2v) is 4.01. The molecule has 94 valence electrons. The number of methoxy groups -OCH3 is 1. The molecule has 0 aromatic heterocycles. The zero-order valence-electron chi connectivity index (χ0n) is 9.97. The maximum Gasteiger partial charge on any atom is 0.273 e. The molecule has 0 radical (unpaired) electrons. The Hall–Kier alpha value is -1.82. The number of ether oxygens (including phenoxy) is 1. The first-order valence-electron chi connectivity index (χ1n) is 5.30. The lowest BCUT2D eigenvalue weighted by Gasteiger charge is -2.12. The molecule has 3 N–H and O–H groups in total. The highest BCUT2D eigenvalue weighted by Gasteiger charge is 2.09. The SMILES string of the molecule is COCC(C)CNc1cc(N)cc([N+](=O)[O-])c1. The summed E-state index contributed by atoms with van der Waals surface area (Å²) in [5.41, 5.74) is 6.61. The zero-order valence-corrected chi connectivity index (χ0v) is 9.97. The molecule has 0 heterocycles. The molecule has 0 aliphatic rings. The molecule has 17 heavy (non-hydrogen) atoms. The average Bonchev–Trinajstić information content (AvgIpc) is 2.26. The Kier molecular flexibility index (Phi) is 4.71. The van der Waals surface area contributed by atoms with E-state index in [1.165, 1.54) is 12.1 Å². The molecule has 1 aromatic carbocycles. The first-order valence-corrected chi connectivity index (χ1v) is 5.30. The molecule has 0 bridgehead atoms. The van der Waals surface area contributed by atoms with Crippen LogP contribution in [0.4, 0.5) is 17.1 Å². The van der Waals surface area contributed by atoms with E-state index in [0.29, 0.717) is 30.4 Å². The minimum atomic E-state index is -0.458. The summed E-state index contributed by atoms with van der Waals surface area (Å²) in [6.45, 7) is 3.34. The number of rotatable bonds is 6. The van der Waals surface area contributed by atoms with Gasteiger partial charge in [0.25, 0.3) is 5.69 Å². The smallest absolute Gasteiger partial charge is 0.273 e. The van der Waals surface area contributed by atoms with Gasteiger partial charge in [-0.25, -0.2) is 0 Å². The van der Waals surface area contributed by atoms with E-state index in [4.69, 9.17) is 10.5 Å². The largest absolute Gasteiger partial charge is 0.398 e. The number of non-ortho nitro benzene ring substituents is 1. The summed E-state index contributed by atoms with van der Waals surface area (Å²) >= 11 is 0. The van der Waals surface area contributed by atoms with Crippen molar-refractivity contribution in [3.8, 4) is 0 Å². The Morgan fingerprint density at radius 3 is 2.82 bits per heavy atom. The number of anilines is 2. The predicted octanol–water partition coefficient (Wildman–Crippen LogP) is 1.87. The van der Waals surface area contributed by atoms with E-state index in [0.717, 1.165) is 0 Å². The minimum absolute atomic E-state index is 0.00751. The van der Waals surface area contributed by atoms with E-state index in [9.17, 15) is 10.1 Å². The second-order valence-electron chi connectivity index (χ2n) is 4.01. The topological polar surface area (TPSA) is 90.4 Å². The van der Waals surface area contributed by atoms with Gasteiger partial charge in [-0.05, 0) is 12.0 Å². The molecule has 0 amide bonds. The Bertz CT molecular complexity index is 396. The Morgan fingerprint density at radius 1 is 1.53 bits per heavy atom. The molecular weight excluding hydrogens is 222 g/mol. The van der Waals surface area contributed by atoms with E-state index in [1.807, 2.05) is 6.92 Å². The van der Waals surface area contributed by atoms with Crippen molar-refractivity contribution in [2.24, 2.45) is 5.92 Å². The fourth-order valence-electron chi connectivity index (χ4n) is 1.48. The normalized spacial score (nSPS) is 12.1. The van der Waals surface area contributed by atoms with Gasteiger partial charge in [0.05, 0.1) is 11.5 Å². The Balaban J connectivity index is 2.68. The van der Waals surface area contributed by atoms with Gasteiger partial charge in [0.1, 0.15) is 0 Å². The monoisotopic (exact) mass is 239 g/mol. The summed E-state index contributed by atoms with van der Waals surface area (Å²) in [6.07, 6.45) is 0. The van der Waals surface area contributed by atoms with Crippen molar-refractivity contribution < 1.29 is 9.66 Å². The summed E-state index contributed by atoms with van der Waals surface area (Å²) in [6, 6.07) is 4.48. The van der Waals surface area contributed by atoms with Crippen molar-refractivity contribution in [3.05, 3.63) is 28.3 Å². The quantitative estimate of drug-likeness (QED) is 0.449. The zero-order chi connectivity index (χ0) is 12.8. The van der Waals surface area contributed by atoms with Crippen LogP contribution in [0.3, 0.4) is 0 Å². The summed E-state index contributed by atoms with van der Waals surface area (Å²) in [5, 5.41) is 13.7. The van der Waals surface area contributed by atoms with Crippen LogP contribution >= 0.6 is 0 Å². The van der Waals surface area contributed by atoms with Crippen LogP contribution in [0, 0.1) is 16.0 Å². The van der Waals surface area contributed by atoms with Crippen LogP contribution in [-0.4, -0.2) is 25.2 Å². The molecule has 0 saturated heterocycles. The number of nitrogen functional groups attached to an aromatic ring is 1. The van der Waals surface area contributed by atoms with Crippen molar-refractivity contribution in [3.63, 3.8) is 0 Å². The minimum Gasteiger partial charge on any atom is -0.398 e. The summed E-state index contributed by atoms with van der Waals surface area (Å²) in [5.74, 6) is 0.320. The summed E-state index contributed by atoms with van der Waals surface area (Å²) < 4.78 is 5.00. The lowest BCUT2D eigenvalue weighted by atomic mass is 10.2. The van der Waals surface area contributed by atoms with E-state index >= 15 is 0 Å². The third kappa shape index (κ3) is 4.28. The highest BCUT2D eigenvalue weighted by molar-refractivity contribution is 5.61. The van der Waals surface area contributed by atoms with E-state index in [1.54, 1.807) is 13.2 Å². The van der Waals surface area contributed by atoms with Gasteiger partial charge in [0.2, 0.25) is 0 Å².